The number of hydrogen-bond acceptors (Lipinski definition) is 2. The van der Waals surface area contributed by atoms with E-state index in [9.17, 15) is 4.79 Å². The zero-order chi connectivity index (χ0) is 8.39. The topological polar surface area (TPSA) is 17.1 Å². The molecule has 1 aliphatic carbocycles. The van der Waals surface area contributed by atoms with E-state index in [2.05, 4.69) is 0 Å². The van der Waals surface area contributed by atoms with Crippen molar-refractivity contribution < 1.29 is 4.79 Å². The highest BCUT2D eigenvalue weighted by atomic mass is 32.1. The van der Waals surface area contributed by atoms with Gasteiger partial charge < -0.3 is 0 Å². The first kappa shape index (κ1) is 7.74. The van der Waals surface area contributed by atoms with Gasteiger partial charge in [-0.3, -0.25) is 4.79 Å². The second-order valence-corrected chi connectivity index (χ2v) is 4.00. The summed E-state index contributed by atoms with van der Waals surface area (Å²) in [5.41, 5.74) is 0. The van der Waals surface area contributed by atoms with E-state index in [1.54, 1.807) is 17.4 Å². The third-order valence-electron chi connectivity index (χ3n) is 1.93. The Hall–Kier alpha value is -0.890. The Kier molecular flexibility index (Phi) is 2.09. The Balaban J connectivity index is 1.97. The zero-order valence-corrected chi connectivity index (χ0v) is 7.51. The van der Waals surface area contributed by atoms with Crippen LogP contribution in [0.4, 0.5) is 0 Å². The normalized spacial score (nSPS) is 17.0. The molecule has 1 fully saturated rings. The summed E-state index contributed by atoms with van der Waals surface area (Å²) in [5.74, 6) is 0.643. The van der Waals surface area contributed by atoms with Gasteiger partial charge in [0.05, 0.1) is 0 Å². The van der Waals surface area contributed by atoms with Crippen molar-refractivity contribution in [2.24, 2.45) is 5.92 Å². The molecular formula is C10H10OS. The summed E-state index contributed by atoms with van der Waals surface area (Å²) in [5, 5.41) is 2.02. The molecule has 0 N–H and O–H groups in total. The Morgan fingerprint density at radius 1 is 1.58 bits per heavy atom. The highest BCUT2D eigenvalue weighted by Gasteiger charge is 2.27. The molecule has 0 radical (unpaired) electrons. The van der Waals surface area contributed by atoms with Crippen molar-refractivity contribution in [2.45, 2.75) is 12.8 Å². The van der Waals surface area contributed by atoms with Crippen LogP contribution in [0.1, 0.15) is 17.7 Å². The van der Waals surface area contributed by atoms with Crippen LogP contribution in [0.5, 0.6) is 0 Å². The molecule has 1 nitrogen and oxygen atoms in total. The first-order valence-corrected chi connectivity index (χ1v) is 4.99. The lowest BCUT2D eigenvalue weighted by Gasteiger charge is -1.85. The van der Waals surface area contributed by atoms with Gasteiger partial charge in [0, 0.05) is 10.8 Å². The van der Waals surface area contributed by atoms with Crippen molar-refractivity contribution in [3.63, 3.8) is 0 Å². The van der Waals surface area contributed by atoms with E-state index in [0.29, 0.717) is 11.7 Å². The SMILES string of the molecule is O=C(/C=C/c1cccs1)C1CC1. The maximum absolute atomic E-state index is 11.2. The summed E-state index contributed by atoms with van der Waals surface area (Å²) in [7, 11) is 0. The highest BCUT2D eigenvalue weighted by Crippen LogP contribution is 2.30. The molecule has 0 aliphatic heterocycles. The van der Waals surface area contributed by atoms with Crippen LogP contribution in [-0.4, -0.2) is 5.78 Å². The van der Waals surface area contributed by atoms with Gasteiger partial charge in [-0.05, 0) is 36.4 Å². The van der Waals surface area contributed by atoms with Crippen LogP contribution in [0.15, 0.2) is 23.6 Å². The monoisotopic (exact) mass is 178 g/mol. The van der Waals surface area contributed by atoms with Crippen LogP contribution < -0.4 is 0 Å². The number of thiophene rings is 1. The second kappa shape index (κ2) is 3.23. The van der Waals surface area contributed by atoms with Crippen LogP contribution in [0.3, 0.4) is 0 Å². The number of allylic oxidation sites excluding steroid dienone is 1. The van der Waals surface area contributed by atoms with Gasteiger partial charge >= 0.3 is 0 Å². The largest absolute Gasteiger partial charge is 0.295 e. The summed E-state index contributed by atoms with van der Waals surface area (Å²) in [6.45, 7) is 0. The summed E-state index contributed by atoms with van der Waals surface area (Å²) < 4.78 is 0. The molecule has 0 bridgehead atoms. The molecule has 0 atom stereocenters. The molecule has 0 amide bonds. The molecular weight excluding hydrogens is 168 g/mol. The third kappa shape index (κ3) is 1.83. The zero-order valence-electron chi connectivity index (χ0n) is 6.69. The molecule has 2 heteroatoms. The molecule has 1 heterocycles. The van der Waals surface area contributed by atoms with Gasteiger partial charge in [0.1, 0.15) is 0 Å². The summed E-state index contributed by atoms with van der Waals surface area (Å²) in [6, 6.07) is 4.01. The van der Waals surface area contributed by atoms with E-state index in [1.807, 2.05) is 23.6 Å². The Labute approximate surface area is 75.7 Å². The number of rotatable bonds is 3. The quantitative estimate of drug-likeness (QED) is 0.650. The van der Waals surface area contributed by atoms with Crippen molar-refractivity contribution in [3.8, 4) is 0 Å². The van der Waals surface area contributed by atoms with E-state index < -0.39 is 0 Å². The van der Waals surface area contributed by atoms with Crippen molar-refractivity contribution in [3.05, 3.63) is 28.5 Å². The number of carbonyl (C=O) groups excluding carboxylic acids is 1. The van der Waals surface area contributed by atoms with Crippen LogP contribution in [0, 0.1) is 5.92 Å². The molecule has 1 aliphatic rings. The fraction of sp³-hybridized carbons (Fsp3) is 0.300. The minimum atomic E-state index is 0.295. The van der Waals surface area contributed by atoms with Crippen LogP contribution >= 0.6 is 11.3 Å². The number of hydrogen-bond donors (Lipinski definition) is 0. The molecule has 0 unspecified atom stereocenters. The first-order valence-electron chi connectivity index (χ1n) is 4.12. The molecule has 0 saturated heterocycles. The molecule has 0 spiro atoms. The van der Waals surface area contributed by atoms with E-state index in [0.717, 1.165) is 17.7 Å². The third-order valence-corrected chi connectivity index (χ3v) is 2.77. The van der Waals surface area contributed by atoms with Crippen LogP contribution in [0.25, 0.3) is 6.08 Å². The van der Waals surface area contributed by atoms with E-state index in [-0.39, 0.29) is 0 Å². The van der Waals surface area contributed by atoms with Gasteiger partial charge in [-0.2, -0.15) is 0 Å². The summed E-state index contributed by atoms with van der Waals surface area (Å²) in [4.78, 5) is 12.4. The van der Waals surface area contributed by atoms with Crippen LogP contribution in [-0.2, 0) is 4.79 Å². The molecule has 62 valence electrons. The Bertz CT molecular complexity index is 294. The molecule has 1 aromatic rings. The van der Waals surface area contributed by atoms with Gasteiger partial charge in [0.25, 0.3) is 0 Å². The van der Waals surface area contributed by atoms with Gasteiger partial charge in [-0.1, -0.05) is 6.07 Å². The lowest BCUT2D eigenvalue weighted by atomic mass is 10.2. The standard InChI is InChI=1S/C10H10OS/c11-10(8-3-4-8)6-5-9-2-1-7-12-9/h1-2,5-8H,3-4H2/b6-5+. The molecule has 0 aromatic carbocycles. The van der Waals surface area contributed by atoms with Crippen molar-refractivity contribution in [1.29, 1.82) is 0 Å². The fourth-order valence-corrected chi connectivity index (χ4v) is 1.67. The van der Waals surface area contributed by atoms with Crippen LogP contribution in [0.2, 0.25) is 0 Å². The number of ketones is 1. The van der Waals surface area contributed by atoms with Crippen molar-refractivity contribution in [2.75, 3.05) is 0 Å². The predicted molar refractivity (Wildman–Crippen MR) is 51.1 cm³/mol. The minimum absolute atomic E-state index is 0.295. The average Bonchev–Trinajstić information content (AvgIpc) is 2.80. The number of carbonyl (C=O) groups is 1. The maximum atomic E-state index is 11.2. The lowest BCUT2D eigenvalue weighted by molar-refractivity contribution is -0.115. The van der Waals surface area contributed by atoms with Gasteiger partial charge in [0.15, 0.2) is 5.78 Å². The highest BCUT2D eigenvalue weighted by molar-refractivity contribution is 7.10. The Morgan fingerprint density at radius 2 is 2.42 bits per heavy atom. The maximum Gasteiger partial charge on any atom is 0.158 e. The average molecular weight is 178 g/mol. The predicted octanol–water partition coefficient (Wildman–Crippen LogP) is 2.74. The van der Waals surface area contributed by atoms with Crippen molar-refractivity contribution >= 4 is 23.2 Å². The van der Waals surface area contributed by atoms with Crippen molar-refractivity contribution in [1.82, 2.24) is 0 Å². The lowest BCUT2D eigenvalue weighted by Crippen LogP contribution is -1.92. The molecule has 2 rings (SSSR count). The van der Waals surface area contributed by atoms with E-state index in [4.69, 9.17) is 0 Å². The smallest absolute Gasteiger partial charge is 0.158 e. The van der Waals surface area contributed by atoms with Gasteiger partial charge in [0.2, 0.25) is 0 Å². The second-order valence-electron chi connectivity index (χ2n) is 3.03. The van der Waals surface area contributed by atoms with Gasteiger partial charge in [-0.25, -0.2) is 0 Å². The molecule has 1 saturated carbocycles. The van der Waals surface area contributed by atoms with E-state index >= 15 is 0 Å². The first-order chi connectivity index (χ1) is 5.86. The summed E-state index contributed by atoms with van der Waals surface area (Å²) >= 11 is 1.66. The molecule has 1 aromatic heterocycles. The molecule has 12 heavy (non-hydrogen) atoms. The Morgan fingerprint density at radius 3 is 3.00 bits per heavy atom. The summed E-state index contributed by atoms with van der Waals surface area (Å²) in [6.07, 6.45) is 5.80. The van der Waals surface area contributed by atoms with Gasteiger partial charge in [-0.15, -0.1) is 11.3 Å². The van der Waals surface area contributed by atoms with E-state index in [1.165, 1.54) is 0 Å². The minimum Gasteiger partial charge on any atom is -0.295 e. The fourth-order valence-electron chi connectivity index (χ4n) is 1.05.